The van der Waals surface area contributed by atoms with Gasteiger partial charge in [-0.25, -0.2) is 4.98 Å². The van der Waals surface area contributed by atoms with Crippen molar-refractivity contribution in [1.82, 2.24) is 14.5 Å². The van der Waals surface area contributed by atoms with Gasteiger partial charge in [-0.1, -0.05) is 36.0 Å². The summed E-state index contributed by atoms with van der Waals surface area (Å²) in [4.78, 5) is 35.4. The van der Waals surface area contributed by atoms with Crippen molar-refractivity contribution in [2.24, 2.45) is 0 Å². The van der Waals surface area contributed by atoms with Crippen LogP contribution in [0.3, 0.4) is 0 Å². The molecule has 3 aromatic rings. The number of hydrogen-bond donors (Lipinski definition) is 0. The summed E-state index contributed by atoms with van der Waals surface area (Å²) in [6, 6.07) is 15.2. The summed E-state index contributed by atoms with van der Waals surface area (Å²) in [5.74, 6) is 1.07. The van der Waals surface area contributed by atoms with Gasteiger partial charge >= 0.3 is 0 Å². The highest BCUT2D eigenvalue weighted by atomic mass is 32.2. The first kappa shape index (κ1) is 27.9. The lowest BCUT2D eigenvalue weighted by molar-refractivity contribution is -0.141. The van der Waals surface area contributed by atoms with Crippen LogP contribution in [-0.4, -0.2) is 78.9 Å². The van der Waals surface area contributed by atoms with Crippen molar-refractivity contribution in [2.75, 3.05) is 57.2 Å². The van der Waals surface area contributed by atoms with Crippen molar-refractivity contribution in [3.05, 3.63) is 58.9 Å². The lowest BCUT2D eigenvalue weighted by Gasteiger charge is -2.36. The molecule has 4 rings (SSSR count). The fraction of sp³-hybridized carbons (Fsp3) is 0.464. The minimum atomic E-state index is -0.401. The number of ether oxygens (including phenoxy) is 3. The van der Waals surface area contributed by atoms with E-state index >= 15 is 0 Å². The third-order valence-corrected chi connectivity index (χ3v) is 7.46. The van der Waals surface area contributed by atoms with Gasteiger partial charge in [0, 0.05) is 52.4 Å². The molecule has 0 radical (unpaired) electrons. The van der Waals surface area contributed by atoms with Crippen LogP contribution in [0.2, 0.25) is 0 Å². The normalized spacial score (nSPS) is 13.9. The zero-order valence-corrected chi connectivity index (χ0v) is 23.1. The molecule has 0 N–H and O–H groups in total. The smallest absolute Gasteiger partial charge is 0.262 e. The third kappa shape index (κ3) is 6.67. The molecule has 9 nitrogen and oxygen atoms in total. The number of fused-ring (bicyclic) bond motifs is 1. The monoisotopic (exact) mass is 540 g/mol. The molecule has 38 heavy (non-hydrogen) atoms. The Balaban J connectivity index is 1.44. The number of benzene rings is 2. The summed E-state index contributed by atoms with van der Waals surface area (Å²) < 4.78 is 18.5. The van der Waals surface area contributed by atoms with E-state index < -0.39 is 6.29 Å². The van der Waals surface area contributed by atoms with Gasteiger partial charge in [0.25, 0.3) is 5.56 Å². The number of thioether (sulfide) groups is 1. The SMILES string of the molecule is CCOC(CCn1c(SCC(=O)N2CCN(c3ccccc3OC)CC2)nc2ccccc2c1=O)OCC. The highest BCUT2D eigenvalue weighted by molar-refractivity contribution is 7.99. The maximum absolute atomic E-state index is 13.4. The molecule has 0 spiro atoms. The van der Waals surface area contributed by atoms with E-state index in [1.807, 2.05) is 61.2 Å². The summed E-state index contributed by atoms with van der Waals surface area (Å²) in [7, 11) is 1.67. The standard InChI is InChI=1S/C28H36N4O5S/c1-4-36-26(37-5-2)14-15-32-27(34)21-10-6-7-11-22(21)29-28(32)38-20-25(33)31-18-16-30(17-19-31)23-12-8-9-13-24(23)35-3/h6-13,26H,4-5,14-20H2,1-3H3. The summed E-state index contributed by atoms with van der Waals surface area (Å²) in [5, 5.41) is 1.08. The van der Waals surface area contributed by atoms with Gasteiger partial charge < -0.3 is 24.0 Å². The number of rotatable bonds is 12. The number of carbonyl (C=O) groups excluding carboxylic acids is 1. The van der Waals surface area contributed by atoms with Gasteiger partial charge in [-0.05, 0) is 38.1 Å². The number of piperazine rings is 1. The van der Waals surface area contributed by atoms with Crippen LogP contribution < -0.4 is 15.2 Å². The van der Waals surface area contributed by atoms with Crippen LogP contribution in [0.5, 0.6) is 5.75 Å². The third-order valence-electron chi connectivity index (χ3n) is 6.50. The number of para-hydroxylation sites is 3. The van der Waals surface area contributed by atoms with E-state index in [1.54, 1.807) is 17.7 Å². The summed E-state index contributed by atoms with van der Waals surface area (Å²) >= 11 is 1.30. The molecule has 0 aliphatic carbocycles. The van der Waals surface area contributed by atoms with Gasteiger partial charge in [0.2, 0.25) is 5.91 Å². The van der Waals surface area contributed by atoms with Gasteiger partial charge in [0.1, 0.15) is 5.75 Å². The van der Waals surface area contributed by atoms with Gasteiger partial charge in [0.15, 0.2) is 11.4 Å². The highest BCUT2D eigenvalue weighted by Crippen LogP contribution is 2.28. The van der Waals surface area contributed by atoms with E-state index in [-0.39, 0.29) is 17.2 Å². The van der Waals surface area contributed by atoms with Crippen molar-refractivity contribution >= 4 is 34.3 Å². The molecule has 2 heterocycles. The summed E-state index contributed by atoms with van der Waals surface area (Å²) in [6.45, 7) is 7.97. The molecule has 0 saturated carbocycles. The van der Waals surface area contributed by atoms with Crippen molar-refractivity contribution in [3.8, 4) is 5.75 Å². The molecule has 1 amide bonds. The Kier molecular flexibility index (Phi) is 10.0. The Hall–Kier alpha value is -3.08. The van der Waals surface area contributed by atoms with Crippen molar-refractivity contribution in [3.63, 3.8) is 0 Å². The van der Waals surface area contributed by atoms with Gasteiger partial charge in [-0.15, -0.1) is 0 Å². The molecule has 0 bridgehead atoms. The molecule has 1 aliphatic rings. The van der Waals surface area contributed by atoms with Crippen LogP contribution >= 0.6 is 11.8 Å². The fourth-order valence-corrected chi connectivity index (χ4v) is 5.51. The first-order valence-electron chi connectivity index (χ1n) is 13.1. The van der Waals surface area contributed by atoms with Gasteiger partial charge in [-0.2, -0.15) is 0 Å². The van der Waals surface area contributed by atoms with Crippen molar-refractivity contribution in [2.45, 2.75) is 38.3 Å². The molecular weight excluding hydrogens is 504 g/mol. The molecule has 204 valence electrons. The summed E-state index contributed by atoms with van der Waals surface area (Å²) in [5.41, 5.74) is 1.54. The lowest BCUT2D eigenvalue weighted by atomic mass is 10.2. The molecular formula is C28H36N4O5S. The molecule has 2 aromatic carbocycles. The average molecular weight is 541 g/mol. The number of carbonyl (C=O) groups is 1. The zero-order chi connectivity index (χ0) is 26.9. The first-order valence-corrected chi connectivity index (χ1v) is 14.1. The minimum absolute atomic E-state index is 0.0325. The van der Waals surface area contributed by atoms with Crippen LogP contribution in [0.25, 0.3) is 10.9 Å². The van der Waals surface area contributed by atoms with E-state index in [4.69, 9.17) is 19.2 Å². The van der Waals surface area contributed by atoms with Crippen LogP contribution in [0.15, 0.2) is 58.5 Å². The predicted octanol–water partition coefficient (Wildman–Crippen LogP) is 3.64. The van der Waals surface area contributed by atoms with E-state index in [0.717, 1.165) is 24.5 Å². The molecule has 1 saturated heterocycles. The van der Waals surface area contributed by atoms with E-state index in [0.29, 0.717) is 55.3 Å². The van der Waals surface area contributed by atoms with E-state index in [9.17, 15) is 9.59 Å². The second-order valence-electron chi connectivity index (χ2n) is 8.83. The maximum atomic E-state index is 13.4. The van der Waals surface area contributed by atoms with E-state index in [2.05, 4.69) is 4.90 Å². The number of methoxy groups -OCH3 is 1. The van der Waals surface area contributed by atoms with Gasteiger partial charge in [-0.3, -0.25) is 14.2 Å². The largest absolute Gasteiger partial charge is 0.495 e. The Morgan fingerprint density at radius 1 is 1.00 bits per heavy atom. The first-order chi connectivity index (χ1) is 18.5. The number of nitrogens with zero attached hydrogens (tertiary/aromatic N) is 4. The highest BCUT2D eigenvalue weighted by Gasteiger charge is 2.24. The molecule has 10 heteroatoms. The van der Waals surface area contributed by atoms with Crippen LogP contribution in [0.4, 0.5) is 5.69 Å². The van der Waals surface area contributed by atoms with Crippen molar-refractivity contribution < 1.29 is 19.0 Å². The van der Waals surface area contributed by atoms with E-state index in [1.165, 1.54) is 11.8 Å². The molecule has 1 aliphatic heterocycles. The summed E-state index contributed by atoms with van der Waals surface area (Å²) in [6.07, 6.45) is 0.107. The zero-order valence-electron chi connectivity index (χ0n) is 22.3. The molecule has 1 aromatic heterocycles. The Bertz CT molecular complexity index is 1270. The van der Waals surface area contributed by atoms with Gasteiger partial charge in [0.05, 0.1) is 29.5 Å². The Morgan fingerprint density at radius 2 is 1.68 bits per heavy atom. The number of hydrogen-bond acceptors (Lipinski definition) is 8. The number of aromatic nitrogens is 2. The van der Waals surface area contributed by atoms with Crippen LogP contribution in [0.1, 0.15) is 20.3 Å². The number of amides is 1. The second kappa shape index (κ2) is 13.6. The fourth-order valence-electron chi connectivity index (χ4n) is 4.58. The van der Waals surface area contributed by atoms with Crippen LogP contribution in [-0.2, 0) is 20.8 Å². The lowest BCUT2D eigenvalue weighted by Crippen LogP contribution is -2.49. The van der Waals surface area contributed by atoms with Crippen molar-refractivity contribution in [1.29, 1.82) is 0 Å². The quantitative estimate of drug-likeness (QED) is 0.196. The molecule has 0 unspecified atom stereocenters. The molecule has 1 fully saturated rings. The maximum Gasteiger partial charge on any atom is 0.262 e. The Morgan fingerprint density at radius 3 is 2.39 bits per heavy atom. The topological polar surface area (TPSA) is 86.1 Å². The second-order valence-corrected chi connectivity index (χ2v) is 9.77. The van der Waals surface area contributed by atoms with Crippen LogP contribution in [0, 0.1) is 0 Å². The predicted molar refractivity (Wildman–Crippen MR) is 150 cm³/mol. The minimum Gasteiger partial charge on any atom is -0.495 e. The number of anilines is 1. The average Bonchev–Trinajstić information content (AvgIpc) is 2.95. The molecule has 0 atom stereocenters. The Labute approximate surface area is 227 Å².